The molecule has 0 radical (unpaired) electrons. The number of piperidine rings is 2. The molecule has 0 spiro atoms. The van der Waals surface area contributed by atoms with Crippen molar-refractivity contribution in [1.29, 1.82) is 0 Å². The number of carbonyl (C=O) groups excluding carboxylic acids is 2. The van der Waals surface area contributed by atoms with E-state index < -0.39 is 116 Å². The summed E-state index contributed by atoms with van der Waals surface area (Å²) in [5, 5.41) is 7.06. The Morgan fingerprint density at radius 3 is 1.24 bits per heavy atom. The Kier molecular flexibility index (Phi) is 23.2. The number of hydrogen-bond donors (Lipinski definition) is 2. The number of anilines is 2. The molecule has 2 N–H and O–H groups in total. The molecule has 2 fully saturated rings. The minimum atomic E-state index is -4.78. The first-order valence-corrected chi connectivity index (χ1v) is 34.9. The van der Waals surface area contributed by atoms with Crippen molar-refractivity contribution >= 4 is 65.7 Å². The second kappa shape index (κ2) is 30.7. The van der Waals surface area contributed by atoms with Gasteiger partial charge >= 0.3 is 24.5 Å². The average molecular weight is 1470 g/mol. The van der Waals surface area contributed by atoms with E-state index in [4.69, 9.17) is 18.9 Å². The maximum Gasteiger partial charge on any atom is 0.410 e. The molecular formula is C68H74F10N12O10S2. The Bertz CT molecular complexity index is 4340. The summed E-state index contributed by atoms with van der Waals surface area (Å²) in [6.45, 7) is 10.5. The zero-order valence-corrected chi connectivity index (χ0v) is 58.6. The van der Waals surface area contributed by atoms with E-state index in [1.54, 1.807) is 104 Å². The number of fused-ring (bicyclic) bond motifs is 2. The van der Waals surface area contributed by atoms with Gasteiger partial charge in [-0.1, -0.05) is 24.3 Å². The molecule has 8 aromatic rings. The molecule has 22 nitrogen and oxygen atoms in total. The number of amides is 2. The smallest absolute Gasteiger partial charge is 0.410 e. The van der Waals surface area contributed by atoms with Crippen LogP contribution in [-0.4, -0.2) is 179 Å². The van der Waals surface area contributed by atoms with Crippen molar-refractivity contribution in [1.82, 2.24) is 48.3 Å². The van der Waals surface area contributed by atoms with Gasteiger partial charge in [0.2, 0.25) is 43.7 Å². The van der Waals surface area contributed by atoms with Crippen molar-refractivity contribution in [3.63, 3.8) is 0 Å². The van der Waals surface area contributed by atoms with Crippen LogP contribution >= 0.6 is 0 Å². The first kappa shape index (κ1) is 76.9. The third-order valence-corrected chi connectivity index (χ3v) is 19.2. The van der Waals surface area contributed by atoms with Crippen molar-refractivity contribution in [2.24, 2.45) is 0 Å². The second-order valence-electron chi connectivity index (χ2n) is 26.5. The first-order chi connectivity index (χ1) is 47.6. The molecule has 0 bridgehead atoms. The van der Waals surface area contributed by atoms with E-state index in [9.17, 15) is 61.5 Å². The molecule has 2 saturated heterocycles. The Hall–Kier alpha value is -9.28. The Labute approximate surface area is 581 Å². The fourth-order valence-electron chi connectivity index (χ4n) is 11.2. The third-order valence-electron chi connectivity index (χ3n) is 15.8. The number of hydrogen-bond acceptors (Lipinski definition) is 18. The van der Waals surface area contributed by atoms with Gasteiger partial charge in [0.05, 0.1) is 47.1 Å². The lowest BCUT2D eigenvalue weighted by atomic mass is 10.0. The van der Waals surface area contributed by atoms with Gasteiger partial charge in [-0.05, 0) is 138 Å². The summed E-state index contributed by atoms with van der Waals surface area (Å²) >= 11 is 0. The topological polar surface area (TPSA) is 254 Å². The molecule has 34 heteroatoms. The number of pyridine rings is 2. The van der Waals surface area contributed by atoms with Gasteiger partial charge in [0.15, 0.2) is 0 Å². The summed E-state index contributed by atoms with van der Waals surface area (Å²) in [7, 11) is -7.56. The lowest BCUT2D eigenvalue weighted by Gasteiger charge is -2.36. The number of ether oxygens (including phenoxy) is 4. The zero-order valence-electron chi connectivity index (χ0n) is 56.9. The van der Waals surface area contributed by atoms with Crippen molar-refractivity contribution in [3.8, 4) is 45.8 Å². The molecule has 2 amide bonds. The maximum absolute atomic E-state index is 15.1. The Morgan fingerprint density at radius 2 is 0.882 bits per heavy atom. The van der Waals surface area contributed by atoms with Crippen LogP contribution in [0.15, 0.2) is 110 Å². The third kappa shape index (κ3) is 20.1. The summed E-state index contributed by atoms with van der Waals surface area (Å²) in [6, 6.07) is 19.8. The predicted molar refractivity (Wildman–Crippen MR) is 360 cm³/mol. The monoisotopic (exact) mass is 1470 g/mol. The van der Waals surface area contributed by atoms with Crippen LogP contribution in [0.1, 0.15) is 76.6 Å². The van der Waals surface area contributed by atoms with Crippen molar-refractivity contribution in [2.45, 2.75) is 128 Å². The van der Waals surface area contributed by atoms with Crippen LogP contribution in [0.3, 0.4) is 0 Å². The Morgan fingerprint density at radius 1 is 0.520 bits per heavy atom. The minimum absolute atomic E-state index is 0.0822. The number of likely N-dealkylation sites (tertiary alicyclic amines) is 2. The number of rotatable bonds is 18. The van der Waals surface area contributed by atoms with Gasteiger partial charge in [-0.25, -0.2) is 73.9 Å². The molecule has 4 aromatic carbocycles. The number of nitrogens with zero attached hydrogens (tertiary/aromatic N) is 10. The van der Waals surface area contributed by atoms with Crippen LogP contribution in [0.4, 0.5) is 65.4 Å². The fraction of sp³-hybridized carbons (Fsp3) is 0.412. The number of aryl methyl sites for hydroxylation is 2. The van der Waals surface area contributed by atoms with Crippen LogP contribution < -0.4 is 20.1 Å². The highest BCUT2D eigenvalue weighted by atomic mass is 32.2. The van der Waals surface area contributed by atoms with Crippen molar-refractivity contribution < 1.29 is 89.3 Å². The highest BCUT2D eigenvalue weighted by molar-refractivity contribution is 7.88. The lowest BCUT2D eigenvalue weighted by molar-refractivity contribution is -0.135. The van der Waals surface area contributed by atoms with E-state index in [2.05, 4.69) is 40.5 Å². The van der Waals surface area contributed by atoms with E-state index in [-0.39, 0.29) is 105 Å². The molecule has 102 heavy (non-hydrogen) atoms. The van der Waals surface area contributed by atoms with E-state index >= 15 is 8.78 Å². The quantitative estimate of drug-likeness (QED) is 0.0757. The first-order valence-electron chi connectivity index (χ1n) is 31.7. The SMILES string of the molecule is Cc1ccc2c(CS(=O)(=O)N(C)CC(F)(F)F)c(F)ccc2c1Oc1ncccc1-c1ccnc(N[C@@H]2C[C@@H](F)CN(C(=O)OC(C)(C)C)C2)n1.Cc1ccc2c(CS(=O)(=O)N(C)CC(F)(F)F)c(F)ccc2c1Oc1ncccc1-c1ccnc(N[C@H]2C[C@H](F)CN(C(=O)OC(C)(C)C)C2)n1. The molecule has 10 rings (SSSR count). The molecular weight excluding hydrogens is 1400 g/mol. The van der Waals surface area contributed by atoms with Crippen LogP contribution in [-0.2, 0) is 41.0 Å². The summed E-state index contributed by atoms with van der Waals surface area (Å²) in [5.74, 6) is -2.96. The number of aromatic nitrogens is 6. The molecule has 0 saturated carbocycles. The van der Waals surface area contributed by atoms with Crippen LogP contribution in [0.25, 0.3) is 44.1 Å². The summed E-state index contributed by atoms with van der Waals surface area (Å²) < 4.78 is 212. The number of alkyl halides is 8. The standard InChI is InChI=1S/2C34H37F5N6O5S/c2*1-20-8-9-23-24(10-11-27(36)26(23)18-51(47,48)44(5)19-34(37,38)39)29(20)49-30-25(7-6-13-40-30)28-12-14-41-31(43-28)42-22-15-21(35)16-45(17-22)32(46)50-33(2,3)4/h2*6-14,21-22H,15-19H2,1-5H3,(H,41,42,43)/t2*21-,22-/m10/s1. The van der Waals surface area contributed by atoms with Gasteiger partial charge in [-0.2, -0.15) is 35.0 Å². The average Bonchev–Trinajstić information content (AvgIpc) is 0.771. The van der Waals surface area contributed by atoms with Gasteiger partial charge in [0, 0.05) is 98.8 Å². The summed E-state index contributed by atoms with van der Waals surface area (Å²) in [5.41, 5.74) is 0.602. The molecule has 2 aliphatic rings. The number of nitrogens with one attached hydrogen (secondary N) is 2. The van der Waals surface area contributed by atoms with E-state index in [1.165, 1.54) is 58.9 Å². The molecule has 548 valence electrons. The molecule has 0 aliphatic carbocycles. The number of sulfonamides is 2. The fourth-order valence-corrected chi connectivity index (χ4v) is 13.6. The van der Waals surface area contributed by atoms with Gasteiger partial charge in [-0.3, -0.25) is 0 Å². The minimum Gasteiger partial charge on any atom is -0.444 e. The van der Waals surface area contributed by atoms with Crippen LogP contribution in [0.5, 0.6) is 23.3 Å². The van der Waals surface area contributed by atoms with E-state index in [1.807, 2.05) is 0 Å². The second-order valence-corrected chi connectivity index (χ2v) is 30.6. The zero-order chi connectivity index (χ0) is 74.6. The largest absolute Gasteiger partial charge is 0.444 e. The number of halogens is 10. The number of benzene rings is 4. The summed E-state index contributed by atoms with van der Waals surface area (Å²) in [4.78, 5) is 54.3. The van der Waals surface area contributed by atoms with Gasteiger partial charge < -0.3 is 39.4 Å². The molecule has 6 heterocycles. The van der Waals surface area contributed by atoms with Gasteiger partial charge in [0.1, 0.15) is 59.8 Å². The van der Waals surface area contributed by atoms with E-state index in [0.29, 0.717) is 44.4 Å². The number of carbonyl (C=O) groups is 2. The lowest BCUT2D eigenvalue weighted by Crippen LogP contribution is -2.51. The predicted octanol–water partition coefficient (Wildman–Crippen LogP) is 14.0. The van der Waals surface area contributed by atoms with E-state index in [0.717, 1.165) is 26.2 Å². The molecule has 2 aliphatic heterocycles. The molecule has 4 atom stereocenters. The molecule has 0 unspecified atom stereocenters. The van der Waals surface area contributed by atoms with Crippen LogP contribution in [0, 0.1) is 25.5 Å². The van der Waals surface area contributed by atoms with Gasteiger partial charge in [-0.15, -0.1) is 0 Å². The highest BCUT2D eigenvalue weighted by Gasteiger charge is 2.39. The van der Waals surface area contributed by atoms with Crippen LogP contribution in [0.2, 0.25) is 0 Å². The maximum atomic E-state index is 15.1. The van der Waals surface area contributed by atoms with Crippen molar-refractivity contribution in [3.05, 3.63) is 144 Å². The Balaban J connectivity index is 0.000000237. The summed E-state index contributed by atoms with van der Waals surface area (Å²) in [6.07, 6.45) is -7.29. The normalized spacial score (nSPS) is 17.1. The molecule has 4 aromatic heterocycles. The van der Waals surface area contributed by atoms with Crippen molar-refractivity contribution in [2.75, 3.05) is 64.0 Å². The van der Waals surface area contributed by atoms with Gasteiger partial charge in [0.25, 0.3) is 0 Å². The highest BCUT2D eigenvalue weighted by Crippen LogP contribution is 2.42.